The lowest BCUT2D eigenvalue weighted by atomic mass is 10.0. The van der Waals surface area contributed by atoms with Crippen molar-refractivity contribution in [2.75, 3.05) is 24.3 Å². The molecule has 3 heteroatoms. The maximum atomic E-state index is 11.4. The predicted octanol–water partition coefficient (Wildman–Crippen LogP) is 5.09. The van der Waals surface area contributed by atoms with Crippen molar-refractivity contribution in [3.63, 3.8) is 0 Å². The van der Waals surface area contributed by atoms with Crippen molar-refractivity contribution in [2.45, 2.75) is 12.8 Å². The minimum Gasteiger partial charge on any atom is -0.378 e. The molecule has 0 saturated carbocycles. The Bertz CT molecular complexity index is 855. The summed E-state index contributed by atoms with van der Waals surface area (Å²) in [5.41, 5.74) is 6.17. The van der Waals surface area contributed by atoms with Gasteiger partial charge >= 0.3 is 0 Å². The number of nitrogens with one attached hydrogen (secondary N) is 1. The first-order chi connectivity index (χ1) is 12.7. The normalized spacial score (nSPS) is 10.4. The van der Waals surface area contributed by atoms with Gasteiger partial charge in [0.05, 0.1) is 0 Å². The summed E-state index contributed by atoms with van der Waals surface area (Å²) in [6.07, 6.45) is 2.83. The van der Waals surface area contributed by atoms with Crippen molar-refractivity contribution in [3.8, 4) is 0 Å². The highest BCUT2D eigenvalue weighted by atomic mass is 16.1. The molecule has 0 aromatic heterocycles. The van der Waals surface area contributed by atoms with E-state index in [4.69, 9.17) is 0 Å². The molecule has 3 rings (SSSR count). The van der Waals surface area contributed by atoms with Crippen LogP contribution in [0.1, 0.15) is 21.5 Å². The molecular weight excluding hydrogens is 320 g/mol. The van der Waals surface area contributed by atoms with Crippen LogP contribution < -0.4 is 10.2 Å². The largest absolute Gasteiger partial charge is 0.378 e. The predicted molar refractivity (Wildman–Crippen MR) is 110 cm³/mol. The minimum absolute atomic E-state index is 0.671. The summed E-state index contributed by atoms with van der Waals surface area (Å²) in [5, 5.41) is 3.38. The van der Waals surface area contributed by atoms with Crippen LogP contribution in [0.3, 0.4) is 0 Å². The number of carbonyl (C=O) groups excluding carboxylic acids is 1. The summed E-state index contributed by atoms with van der Waals surface area (Å²) in [4.78, 5) is 13.5. The number of hydrogen-bond donors (Lipinski definition) is 1. The average molecular weight is 344 g/mol. The van der Waals surface area contributed by atoms with Crippen molar-refractivity contribution in [1.82, 2.24) is 0 Å². The van der Waals surface area contributed by atoms with Crippen LogP contribution in [0, 0.1) is 0 Å². The first-order valence-electron chi connectivity index (χ1n) is 8.82. The highest BCUT2D eigenvalue weighted by Crippen LogP contribution is 2.24. The molecule has 0 saturated heterocycles. The zero-order valence-electron chi connectivity index (χ0n) is 15.3. The van der Waals surface area contributed by atoms with Crippen molar-refractivity contribution in [2.24, 2.45) is 0 Å². The second kappa shape index (κ2) is 8.34. The number of anilines is 3. The third-order valence-corrected chi connectivity index (χ3v) is 4.45. The van der Waals surface area contributed by atoms with E-state index in [-0.39, 0.29) is 0 Å². The third kappa shape index (κ3) is 4.51. The molecule has 0 heterocycles. The van der Waals surface area contributed by atoms with Crippen LogP contribution in [0.2, 0.25) is 0 Å². The molecule has 0 aliphatic rings. The SMILES string of the molecule is CN(C)c1ccc(Nc2cc(CCc3ccccc3)ccc2C=O)cc1. The summed E-state index contributed by atoms with van der Waals surface area (Å²) in [7, 11) is 4.03. The highest BCUT2D eigenvalue weighted by molar-refractivity contribution is 5.86. The van der Waals surface area contributed by atoms with Gasteiger partial charge in [-0.05, 0) is 60.4 Å². The second-order valence-corrected chi connectivity index (χ2v) is 6.59. The van der Waals surface area contributed by atoms with E-state index < -0.39 is 0 Å². The van der Waals surface area contributed by atoms with Crippen molar-refractivity contribution < 1.29 is 4.79 Å². The fourth-order valence-electron chi connectivity index (χ4n) is 2.90. The van der Waals surface area contributed by atoms with Gasteiger partial charge in [-0.15, -0.1) is 0 Å². The van der Waals surface area contributed by atoms with E-state index in [1.165, 1.54) is 11.1 Å². The third-order valence-electron chi connectivity index (χ3n) is 4.45. The standard InChI is InChI=1S/C23H24N2O/c1-25(2)22-14-12-21(13-15-22)24-23-16-19(10-11-20(23)17-26)9-8-18-6-4-3-5-7-18/h3-7,10-17,24H,8-9H2,1-2H3. The molecular formula is C23H24N2O. The second-order valence-electron chi connectivity index (χ2n) is 6.59. The lowest BCUT2D eigenvalue weighted by Crippen LogP contribution is -2.08. The Morgan fingerprint density at radius 1 is 0.846 bits per heavy atom. The van der Waals surface area contributed by atoms with Crippen LogP contribution in [0.25, 0.3) is 0 Å². The Balaban J connectivity index is 1.75. The molecule has 3 aromatic rings. The fraction of sp³-hybridized carbons (Fsp3) is 0.174. The quantitative estimate of drug-likeness (QED) is 0.606. The first-order valence-corrected chi connectivity index (χ1v) is 8.82. The van der Waals surface area contributed by atoms with Gasteiger partial charge < -0.3 is 10.2 Å². The zero-order valence-corrected chi connectivity index (χ0v) is 15.3. The molecule has 132 valence electrons. The molecule has 1 N–H and O–H groups in total. The van der Waals surface area contributed by atoms with Gasteiger partial charge in [-0.3, -0.25) is 4.79 Å². The van der Waals surface area contributed by atoms with E-state index in [0.29, 0.717) is 5.56 Å². The summed E-state index contributed by atoms with van der Waals surface area (Å²) >= 11 is 0. The summed E-state index contributed by atoms with van der Waals surface area (Å²) in [5.74, 6) is 0. The maximum absolute atomic E-state index is 11.4. The topological polar surface area (TPSA) is 32.3 Å². The smallest absolute Gasteiger partial charge is 0.152 e. The molecule has 0 bridgehead atoms. The Labute approximate surface area is 155 Å². The van der Waals surface area contributed by atoms with Crippen molar-refractivity contribution in [1.29, 1.82) is 0 Å². The van der Waals surface area contributed by atoms with Gasteiger partial charge in [0.1, 0.15) is 0 Å². The molecule has 0 radical (unpaired) electrons. The van der Waals surface area contributed by atoms with Crippen LogP contribution in [0.15, 0.2) is 72.8 Å². The van der Waals surface area contributed by atoms with Gasteiger partial charge in [-0.1, -0.05) is 36.4 Å². The Morgan fingerprint density at radius 3 is 2.19 bits per heavy atom. The van der Waals surface area contributed by atoms with E-state index in [1.54, 1.807) is 0 Å². The summed E-state index contributed by atoms with van der Waals surface area (Å²) in [6, 6.07) is 24.6. The number of benzene rings is 3. The average Bonchev–Trinajstić information content (AvgIpc) is 2.68. The Kier molecular flexibility index (Phi) is 5.69. The maximum Gasteiger partial charge on any atom is 0.152 e. The van der Waals surface area contributed by atoms with Crippen LogP contribution in [-0.4, -0.2) is 20.4 Å². The van der Waals surface area contributed by atoms with Gasteiger partial charge in [0.2, 0.25) is 0 Å². The van der Waals surface area contributed by atoms with E-state index in [1.807, 2.05) is 44.4 Å². The summed E-state index contributed by atoms with van der Waals surface area (Å²) in [6.45, 7) is 0. The number of rotatable bonds is 7. The lowest BCUT2D eigenvalue weighted by molar-refractivity contribution is 0.112. The number of carbonyl (C=O) groups is 1. The molecule has 0 aliphatic carbocycles. The van der Waals surface area contributed by atoms with Crippen LogP contribution in [-0.2, 0) is 12.8 Å². The lowest BCUT2D eigenvalue weighted by Gasteiger charge is -2.15. The molecule has 0 fully saturated rings. The van der Waals surface area contributed by atoms with E-state index >= 15 is 0 Å². The molecule has 26 heavy (non-hydrogen) atoms. The molecule has 0 amide bonds. The molecule has 0 aliphatic heterocycles. The van der Waals surface area contributed by atoms with Crippen molar-refractivity contribution >= 4 is 23.3 Å². The van der Waals surface area contributed by atoms with Gasteiger partial charge in [0, 0.05) is 36.7 Å². The zero-order chi connectivity index (χ0) is 18.4. The van der Waals surface area contributed by atoms with Gasteiger partial charge in [0.25, 0.3) is 0 Å². The summed E-state index contributed by atoms with van der Waals surface area (Å²) < 4.78 is 0. The first kappa shape index (κ1) is 17.7. The number of aryl methyl sites for hydroxylation is 2. The Hall–Kier alpha value is -3.07. The Morgan fingerprint density at radius 2 is 1.54 bits per heavy atom. The van der Waals surface area contributed by atoms with Crippen molar-refractivity contribution in [3.05, 3.63) is 89.5 Å². The van der Waals surface area contributed by atoms with Crippen LogP contribution >= 0.6 is 0 Å². The van der Waals surface area contributed by atoms with Gasteiger partial charge in [-0.2, -0.15) is 0 Å². The highest BCUT2D eigenvalue weighted by Gasteiger charge is 2.05. The number of aldehydes is 1. The molecule has 0 unspecified atom stereocenters. The molecule has 3 nitrogen and oxygen atoms in total. The van der Waals surface area contributed by atoms with Crippen LogP contribution in [0.4, 0.5) is 17.1 Å². The fourth-order valence-corrected chi connectivity index (χ4v) is 2.90. The molecule has 3 aromatic carbocycles. The monoisotopic (exact) mass is 344 g/mol. The number of hydrogen-bond acceptors (Lipinski definition) is 3. The van der Waals surface area contributed by atoms with Crippen LogP contribution in [0.5, 0.6) is 0 Å². The molecule has 0 atom stereocenters. The van der Waals surface area contributed by atoms with E-state index in [0.717, 1.165) is 36.2 Å². The minimum atomic E-state index is 0.671. The number of nitrogens with zero attached hydrogens (tertiary/aromatic N) is 1. The van der Waals surface area contributed by atoms with E-state index in [2.05, 4.69) is 52.7 Å². The van der Waals surface area contributed by atoms with Gasteiger partial charge in [-0.25, -0.2) is 0 Å². The van der Waals surface area contributed by atoms with E-state index in [9.17, 15) is 4.79 Å². The molecule has 0 spiro atoms. The van der Waals surface area contributed by atoms with Gasteiger partial charge in [0.15, 0.2) is 6.29 Å².